The third kappa shape index (κ3) is 3.75. The Morgan fingerprint density at radius 2 is 1.86 bits per heavy atom. The topological polar surface area (TPSA) is 83.6 Å². The fourth-order valence-corrected chi connectivity index (χ4v) is 2.13. The first-order valence-electron chi connectivity index (χ1n) is 6.71. The summed E-state index contributed by atoms with van der Waals surface area (Å²) in [5, 5.41) is 2.65. The van der Waals surface area contributed by atoms with Crippen LogP contribution in [0.15, 0.2) is 24.3 Å². The van der Waals surface area contributed by atoms with Gasteiger partial charge in [0, 0.05) is 37.1 Å². The Morgan fingerprint density at radius 3 is 2.48 bits per heavy atom. The highest BCUT2D eigenvalue weighted by Crippen LogP contribution is 2.14. The smallest absolute Gasteiger partial charge is 0.229 e. The van der Waals surface area contributed by atoms with Crippen LogP contribution in [0.2, 0.25) is 0 Å². The summed E-state index contributed by atoms with van der Waals surface area (Å²) >= 11 is 0. The number of hydrogen-bond donors (Lipinski definition) is 1. The number of likely N-dealkylation sites (tertiary alicyclic amines) is 1. The van der Waals surface area contributed by atoms with Crippen molar-refractivity contribution in [3.8, 4) is 0 Å². The molecule has 1 aromatic carbocycles. The molecule has 6 nitrogen and oxygen atoms in total. The van der Waals surface area contributed by atoms with Crippen molar-refractivity contribution in [2.45, 2.75) is 26.2 Å². The zero-order valence-corrected chi connectivity index (χ0v) is 11.7. The van der Waals surface area contributed by atoms with E-state index in [0.717, 1.165) is 4.90 Å². The molecule has 1 saturated heterocycles. The average Bonchev–Trinajstić information content (AvgIpc) is 2.76. The van der Waals surface area contributed by atoms with E-state index in [2.05, 4.69) is 5.32 Å². The SMILES string of the molecule is CC(=O)c1cccc(NC(=O)CCN2C(=O)CCC2=O)c1. The van der Waals surface area contributed by atoms with Crippen molar-refractivity contribution in [3.63, 3.8) is 0 Å². The van der Waals surface area contributed by atoms with Crippen molar-refractivity contribution in [1.29, 1.82) is 0 Å². The van der Waals surface area contributed by atoms with Crippen LogP contribution >= 0.6 is 0 Å². The number of Topliss-reactive ketones (excluding diaryl/α,β-unsaturated/α-hetero) is 1. The van der Waals surface area contributed by atoms with Crippen LogP contribution in [0.4, 0.5) is 5.69 Å². The molecule has 1 N–H and O–H groups in total. The maximum Gasteiger partial charge on any atom is 0.229 e. The second kappa shape index (κ2) is 6.30. The Bertz CT molecular complexity index is 593. The van der Waals surface area contributed by atoms with E-state index in [4.69, 9.17) is 0 Å². The highest BCUT2D eigenvalue weighted by Gasteiger charge is 2.28. The van der Waals surface area contributed by atoms with Gasteiger partial charge in [0.05, 0.1) is 0 Å². The quantitative estimate of drug-likeness (QED) is 0.655. The second-order valence-corrected chi connectivity index (χ2v) is 4.87. The van der Waals surface area contributed by atoms with E-state index in [1.165, 1.54) is 6.92 Å². The molecule has 0 radical (unpaired) electrons. The molecule has 0 bridgehead atoms. The van der Waals surface area contributed by atoms with Gasteiger partial charge in [0.25, 0.3) is 0 Å². The summed E-state index contributed by atoms with van der Waals surface area (Å²) in [7, 11) is 0. The number of hydrogen-bond acceptors (Lipinski definition) is 4. The minimum Gasteiger partial charge on any atom is -0.326 e. The number of nitrogens with one attached hydrogen (secondary N) is 1. The van der Waals surface area contributed by atoms with Crippen LogP contribution in [0.1, 0.15) is 36.5 Å². The molecule has 1 aromatic rings. The molecule has 1 fully saturated rings. The minimum atomic E-state index is -0.303. The normalized spacial score (nSPS) is 14.4. The number of carbonyl (C=O) groups excluding carboxylic acids is 4. The maximum absolute atomic E-state index is 11.8. The Balaban J connectivity index is 1.90. The predicted molar refractivity (Wildman–Crippen MR) is 75.6 cm³/mol. The molecule has 1 heterocycles. The third-order valence-corrected chi connectivity index (χ3v) is 3.27. The maximum atomic E-state index is 11.8. The van der Waals surface area contributed by atoms with E-state index in [-0.39, 0.29) is 49.3 Å². The van der Waals surface area contributed by atoms with Crippen LogP contribution < -0.4 is 5.32 Å². The molecule has 2 rings (SSSR count). The van der Waals surface area contributed by atoms with Gasteiger partial charge in [-0.15, -0.1) is 0 Å². The predicted octanol–water partition coefficient (Wildman–Crippen LogP) is 1.37. The summed E-state index contributed by atoms with van der Waals surface area (Å²) in [5.41, 5.74) is 1.03. The summed E-state index contributed by atoms with van der Waals surface area (Å²) in [6, 6.07) is 6.61. The summed E-state index contributed by atoms with van der Waals surface area (Å²) in [6.45, 7) is 1.54. The molecule has 3 amide bonds. The van der Waals surface area contributed by atoms with Crippen LogP contribution in [0.3, 0.4) is 0 Å². The van der Waals surface area contributed by atoms with Crippen molar-refractivity contribution in [2.24, 2.45) is 0 Å². The zero-order valence-electron chi connectivity index (χ0n) is 11.7. The van der Waals surface area contributed by atoms with Crippen molar-refractivity contribution < 1.29 is 19.2 Å². The second-order valence-electron chi connectivity index (χ2n) is 4.87. The summed E-state index contributed by atoms with van der Waals surface area (Å²) < 4.78 is 0. The van der Waals surface area contributed by atoms with Crippen LogP contribution in [0.5, 0.6) is 0 Å². The summed E-state index contributed by atoms with van der Waals surface area (Å²) in [5.74, 6) is -0.847. The first-order valence-corrected chi connectivity index (χ1v) is 6.71. The number of benzene rings is 1. The van der Waals surface area contributed by atoms with Crippen molar-refractivity contribution in [1.82, 2.24) is 4.90 Å². The molecule has 0 unspecified atom stereocenters. The highest BCUT2D eigenvalue weighted by molar-refractivity contribution is 6.02. The zero-order chi connectivity index (χ0) is 15.4. The number of carbonyl (C=O) groups is 4. The standard InChI is InChI=1S/C15H16N2O4/c1-10(18)11-3-2-4-12(9-11)16-13(19)7-8-17-14(20)5-6-15(17)21/h2-4,9H,5-8H2,1H3,(H,16,19). The molecule has 6 heteroatoms. The molecule has 0 aliphatic carbocycles. The minimum absolute atomic E-state index is 0.0434. The fourth-order valence-electron chi connectivity index (χ4n) is 2.13. The lowest BCUT2D eigenvalue weighted by Gasteiger charge is -2.13. The molecule has 1 aliphatic rings. The van der Waals surface area contributed by atoms with Crippen molar-refractivity contribution in [2.75, 3.05) is 11.9 Å². The Labute approximate surface area is 122 Å². The first kappa shape index (κ1) is 14.9. The third-order valence-electron chi connectivity index (χ3n) is 3.27. The molecule has 0 atom stereocenters. The molecular formula is C15H16N2O4. The monoisotopic (exact) mass is 288 g/mol. The van der Waals surface area contributed by atoms with Crippen LogP contribution in [0, 0.1) is 0 Å². The van der Waals surface area contributed by atoms with E-state index < -0.39 is 0 Å². The lowest BCUT2D eigenvalue weighted by Crippen LogP contribution is -2.32. The van der Waals surface area contributed by atoms with Gasteiger partial charge in [-0.05, 0) is 19.1 Å². The number of ketones is 1. The van der Waals surface area contributed by atoms with Gasteiger partial charge in [0.15, 0.2) is 5.78 Å². The molecule has 0 spiro atoms. The van der Waals surface area contributed by atoms with E-state index >= 15 is 0 Å². The molecule has 110 valence electrons. The van der Waals surface area contributed by atoms with E-state index in [9.17, 15) is 19.2 Å². The van der Waals surface area contributed by atoms with E-state index in [1.807, 2.05) is 0 Å². The average molecular weight is 288 g/mol. The van der Waals surface area contributed by atoms with Crippen LogP contribution in [-0.4, -0.2) is 34.9 Å². The van der Waals surface area contributed by atoms with Crippen molar-refractivity contribution >= 4 is 29.2 Å². The van der Waals surface area contributed by atoms with Crippen LogP contribution in [0.25, 0.3) is 0 Å². The Hall–Kier alpha value is -2.50. The number of imide groups is 1. The van der Waals surface area contributed by atoms with Gasteiger partial charge in [-0.1, -0.05) is 12.1 Å². The van der Waals surface area contributed by atoms with E-state index in [0.29, 0.717) is 11.3 Å². The molecule has 1 aliphatic heterocycles. The largest absolute Gasteiger partial charge is 0.326 e. The molecule has 21 heavy (non-hydrogen) atoms. The van der Waals surface area contributed by atoms with Crippen molar-refractivity contribution in [3.05, 3.63) is 29.8 Å². The van der Waals surface area contributed by atoms with Gasteiger partial charge in [-0.25, -0.2) is 0 Å². The number of amides is 3. The lowest BCUT2D eigenvalue weighted by atomic mass is 10.1. The van der Waals surface area contributed by atoms with Crippen LogP contribution in [-0.2, 0) is 14.4 Å². The number of anilines is 1. The van der Waals surface area contributed by atoms with Gasteiger partial charge in [0.2, 0.25) is 17.7 Å². The molecular weight excluding hydrogens is 272 g/mol. The fraction of sp³-hybridized carbons (Fsp3) is 0.333. The highest BCUT2D eigenvalue weighted by atomic mass is 16.2. The molecule has 0 saturated carbocycles. The Morgan fingerprint density at radius 1 is 1.19 bits per heavy atom. The Kier molecular flexibility index (Phi) is 4.47. The molecule has 0 aromatic heterocycles. The van der Waals surface area contributed by atoms with Gasteiger partial charge in [-0.2, -0.15) is 0 Å². The number of nitrogens with zero attached hydrogens (tertiary/aromatic N) is 1. The number of rotatable bonds is 5. The van der Waals surface area contributed by atoms with Gasteiger partial charge in [0.1, 0.15) is 0 Å². The lowest BCUT2D eigenvalue weighted by molar-refractivity contribution is -0.138. The summed E-state index contributed by atoms with van der Waals surface area (Å²) in [4.78, 5) is 47.0. The summed E-state index contributed by atoms with van der Waals surface area (Å²) in [6.07, 6.45) is 0.490. The van der Waals surface area contributed by atoms with Gasteiger partial charge >= 0.3 is 0 Å². The van der Waals surface area contributed by atoms with Gasteiger partial charge in [-0.3, -0.25) is 24.1 Å². The van der Waals surface area contributed by atoms with Gasteiger partial charge < -0.3 is 5.32 Å². The van der Waals surface area contributed by atoms with E-state index in [1.54, 1.807) is 24.3 Å². The first-order chi connectivity index (χ1) is 9.97.